The summed E-state index contributed by atoms with van der Waals surface area (Å²) in [6, 6.07) is 14.6. The van der Waals surface area contributed by atoms with Gasteiger partial charge in [0.15, 0.2) is 0 Å². The largest absolute Gasteiger partial charge is 0.488 e. The van der Waals surface area contributed by atoms with E-state index in [2.05, 4.69) is 24.3 Å². The Morgan fingerprint density at radius 3 is 2.69 bits per heavy atom. The van der Waals surface area contributed by atoms with Crippen molar-refractivity contribution in [3.05, 3.63) is 70.3 Å². The number of nitrogens with zero attached hydrogens (tertiary/aromatic N) is 1. The van der Waals surface area contributed by atoms with E-state index in [-0.39, 0.29) is 12.7 Å². The van der Waals surface area contributed by atoms with Crippen molar-refractivity contribution in [2.75, 3.05) is 26.3 Å². The summed E-state index contributed by atoms with van der Waals surface area (Å²) in [6.07, 6.45) is 2.01. The van der Waals surface area contributed by atoms with Gasteiger partial charge in [0.1, 0.15) is 12.4 Å². The SMILES string of the molecule is CCOC(=O)N1CCC(=C2c3ccccc3COc3ccc(CCO)cc32)CC1. The van der Waals surface area contributed by atoms with E-state index in [1.54, 1.807) is 4.90 Å². The zero-order chi connectivity index (χ0) is 20.2. The normalized spacial score (nSPS) is 15.9. The average molecular weight is 393 g/mol. The molecule has 1 amide bonds. The van der Waals surface area contributed by atoms with E-state index in [0.717, 1.165) is 29.7 Å². The number of carbonyl (C=O) groups is 1. The molecule has 1 N–H and O–H groups in total. The molecular formula is C24H27NO4. The van der Waals surface area contributed by atoms with E-state index >= 15 is 0 Å². The maximum absolute atomic E-state index is 12.1. The first kappa shape index (κ1) is 19.5. The standard InChI is InChI=1S/C24H27NO4/c1-2-28-24(27)25-12-9-18(10-13-25)23-20-6-4-3-5-19(20)16-29-22-8-7-17(11-14-26)15-21(22)23/h3-8,15,26H,2,9-14,16H2,1H3. The molecule has 5 nitrogen and oxygen atoms in total. The number of benzene rings is 2. The molecule has 0 aromatic heterocycles. The molecule has 1 saturated heterocycles. The van der Waals surface area contributed by atoms with Gasteiger partial charge >= 0.3 is 6.09 Å². The first-order chi connectivity index (χ1) is 14.2. The highest BCUT2D eigenvalue weighted by Gasteiger charge is 2.26. The summed E-state index contributed by atoms with van der Waals surface area (Å²) in [5, 5.41) is 9.38. The highest BCUT2D eigenvalue weighted by atomic mass is 16.6. The van der Waals surface area contributed by atoms with Crippen molar-refractivity contribution in [1.82, 2.24) is 4.90 Å². The quantitative estimate of drug-likeness (QED) is 0.850. The molecule has 0 spiro atoms. The Labute approximate surface area is 171 Å². The van der Waals surface area contributed by atoms with Crippen molar-refractivity contribution in [2.45, 2.75) is 32.8 Å². The summed E-state index contributed by atoms with van der Waals surface area (Å²) >= 11 is 0. The minimum Gasteiger partial charge on any atom is -0.488 e. The van der Waals surface area contributed by atoms with Gasteiger partial charge in [0.05, 0.1) is 6.61 Å². The number of rotatable bonds is 3. The molecule has 2 aliphatic rings. The van der Waals surface area contributed by atoms with Crippen molar-refractivity contribution in [3.8, 4) is 5.75 Å². The van der Waals surface area contributed by atoms with Gasteiger partial charge in [-0.25, -0.2) is 4.79 Å². The Kier molecular flexibility index (Phi) is 5.86. The Bertz CT molecular complexity index is 924. The number of aliphatic hydroxyl groups excluding tert-OH is 1. The van der Waals surface area contributed by atoms with Crippen LogP contribution in [0.3, 0.4) is 0 Å². The number of carbonyl (C=O) groups excluding carboxylic acids is 1. The zero-order valence-corrected chi connectivity index (χ0v) is 16.8. The van der Waals surface area contributed by atoms with E-state index in [4.69, 9.17) is 9.47 Å². The number of aliphatic hydroxyl groups is 1. The summed E-state index contributed by atoms with van der Waals surface area (Å²) in [5.74, 6) is 0.873. The Morgan fingerprint density at radius 1 is 1.14 bits per heavy atom. The van der Waals surface area contributed by atoms with Crippen molar-refractivity contribution in [1.29, 1.82) is 0 Å². The van der Waals surface area contributed by atoms with Gasteiger partial charge in [0, 0.05) is 25.3 Å². The van der Waals surface area contributed by atoms with Crippen molar-refractivity contribution in [2.24, 2.45) is 0 Å². The third kappa shape index (κ3) is 4.01. The minimum absolute atomic E-state index is 0.122. The van der Waals surface area contributed by atoms with Gasteiger partial charge in [-0.3, -0.25) is 0 Å². The molecule has 0 atom stereocenters. The first-order valence-corrected chi connectivity index (χ1v) is 10.3. The third-order valence-corrected chi connectivity index (χ3v) is 5.63. The summed E-state index contributed by atoms with van der Waals surface area (Å²) in [6.45, 7) is 4.21. The maximum atomic E-state index is 12.1. The van der Waals surface area contributed by atoms with Gasteiger partial charge in [-0.15, -0.1) is 0 Å². The predicted octanol–water partition coefficient (Wildman–Crippen LogP) is 4.17. The second-order valence-corrected chi connectivity index (χ2v) is 7.41. The van der Waals surface area contributed by atoms with Crippen molar-refractivity contribution >= 4 is 11.7 Å². The number of hydrogen-bond acceptors (Lipinski definition) is 4. The van der Waals surface area contributed by atoms with Gasteiger partial charge in [0.25, 0.3) is 0 Å². The number of piperidine rings is 1. The Morgan fingerprint density at radius 2 is 1.93 bits per heavy atom. The summed E-state index contributed by atoms with van der Waals surface area (Å²) in [7, 11) is 0. The number of hydrogen-bond donors (Lipinski definition) is 1. The number of likely N-dealkylation sites (tertiary alicyclic amines) is 1. The van der Waals surface area contributed by atoms with Crippen LogP contribution in [0.1, 0.15) is 42.0 Å². The average Bonchev–Trinajstić information content (AvgIpc) is 2.91. The van der Waals surface area contributed by atoms with Crippen LogP contribution in [0.5, 0.6) is 5.75 Å². The molecule has 29 heavy (non-hydrogen) atoms. The third-order valence-electron chi connectivity index (χ3n) is 5.63. The summed E-state index contributed by atoms with van der Waals surface area (Å²) in [5.41, 5.74) is 7.11. The minimum atomic E-state index is -0.230. The van der Waals surface area contributed by atoms with Crippen LogP contribution < -0.4 is 4.74 Å². The smallest absolute Gasteiger partial charge is 0.409 e. The lowest BCUT2D eigenvalue weighted by molar-refractivity contribution is 0.104. The molecule has 4 rings (SSSR count). The Balaban J connectivity index is 1.76. The molecule has 0 unspecified atom stereocenters. The second kappa shape index (κ2) is 8.70. The van der Waals surface area contributed by atoms with Crippen LogP contribution >= 0.6 is 0 Å². The lowest BCUT2D eigenvalue weighted by Gasteiger charge is -2.29. The highest BCUT2D eigenvalue weighted by Crippen LogP contribution is 2.41. The topological polar surface area (TPSA) is 59.0 Å². The molecule has 0 radical (unpaired) electrons. The summed E-state index contributed by atoms with van der Waals surface area (Å²) < 4.78 is 11.3. The van der Waals surface area contributed by atoms with Gasteiger partial charge < -0.3 is 19.5 Å². The van der Waals surface area contributed by atoms with Crippen molar-refractivity contribution in [3.63, 3.8) is 0 Å². The molecule has 0 saturated carbocycles. The molecule has 2 aliphatic heterocycles. The fraction of sp³-hybridized carbons (Fsp3) is 0.375. The molecule has 152 valence electrons. The molecule has 0 aliphatic carbocycles. The first-order valence-electron chi connectivity index (χ1n) is 10.3. The van der Waals surface area contributed by atoms with Crippen LogP contribution in [-0.2, 0) is 17.8 Å². The number of ether oxygens (including phenoxy) is 2. The number of fused-ring (bicyclic) bond motifs is 2. The van der Waals surface area contributed by atoms with Crippen LogP contribution in [0.25, 0.3) is 5.57 Å². The van der Waals surface area contributed by atoms with E-state index in [0.29, 0.717) is 32.7 Å². The van der Waals surface area contributed by atoms with Gasteiger partial charge in [-0.2, -0.15) is 0 Å². The molecule has 2 aromatic rings. The molecule has 2 aromatic carbocycles. The van der Waals surface area contributed by atoms with E-state index in [1.807, 2.05) is 25.1 Å². The van der Waals surface area contributed by atoms with Crippen LogP contribution in [0, 0.1) is 0 Å². The predicted molar refractivity (Wildman–Crippen MR) is 112 cm³/mol. The van der Waals surface area contributed by atoms with Gasteiger partial charge in [-0.05, 0) is 60.6 Å². The molecular weight excluding hydrogens is 366 g/mol. The summed E-state index contributed by atoms with van der Waals surface area (Å²) in [4.78, 5) is 13.9. The van der Waals surface area contributed by atoms with Crippen LogP contribution in [-0.4, -0.2) is 42.4 Å². The lowest BCUT2D eigenvalue weighted by atomic mass is 9.86. The second-order valence-electron chi connectivity index (χ2n) is 7.41. The molecule has 2 heterocycles. The van der Waals surface area contributed by atoms with Gasteiger partial charge in [0.2, 0.25) is 0 Å². The van der Waals surface area contributed by atoms with Crippen LogP contribution in [0.2, 0.25) is 0 Å². The van der Waals surface area contributed by atoms with E-state index < -0.39 is 0 Å². The monoisotopic (exact) mass is 393 g/mol. The highest BCUT2D eigenvalue weighted by molar-refractivity contribution is 5.87. The van der Waals surface area contributed by atoms with Crippen LogP contribution in [0.4, 0.5) is 4.79 Å². The fourth-order valence-corrected chi connectivity index (χ4v) is 4.18. The maximum Gasteiger partial charge on any atom is 0.409 e. The van der Waals surface area contributed by atoms with E-state index in [1.165, 1.54) is 22.3 Å². The fourth-order valence-electron chi connectivity index (χ4n) is 4.18. The molecule has 1 fully saturated rings. The molecule has 5 heteroatoms. The Hall–Kier alpha value is -2.79. The zero-order valence-electron chi connectivity index (χ0n) is 16.8. The molecule has 0 bridgehead atoms. The van der Waals surface area contributed by atoms with E-state index in [9.17, 15) is 9.90 Å². The number of amides is 1. The van der Waals surface area contributed by atoms with Gasteiger partial charge in [-0.1, -0.05) is 35.9 Å². The van der Waals surface area contributed by atoms with Crippen molar-refractivity contribution < 1.29 is 19.4 Å². The van der Waals surface area contributed by atoms with Crippen LogP contribution in [0.15, 0.2) is 48.0 Å². The lowest BCUT2D eigenvalue weighted by Crippen LogP contribution is -2.37.